The van der Waals surface area contributed by atoms with E-state index in [0.717, 1.165) is 23.4 Å². The monoisotopic (exact) mass is 330 g/mol. The third-order valence-corrected chi connectivity index (χ3v) is 5.29. The molecule has 1 unspecified atom stereocenters. The summed E-state index contributed by atoms with van der Waals surface area (Å²) in [5.41, 5.74) is 2.32. The Morgan fingerprint density at radius 2 is 1.95 bits per heavy atom. The molecule has 0 radical (unpaired) electrons. The maximum atomic E-state index is 6.30. The first-order valence-electron chi connectivity index (χ1n) is 6.95. The number of hydrogen-bond acceptors (Lipinski definition) is 1. The highest BCUT2D eigenvalue weighted by Crippen LogP contribution is 2.51. The Morgan fingerprint density at radius 1 is 1.30 bits per heavy atom. The van der Waals surface area contributed by atoms with E-state index in [1.807, 2.05) is 19.1 Å². The molecule has 108 valence electrons. The van der Waals surface area contributed by atoms with Crippen LogP contribution in [0.3, 0.4) is 0 Å². The van der Waals surface area contributed by atoms with Gasteiger partial charge >= 0.3 is 0 Å². The summed E-state index contributed by atoms with van der Waals surface area (Å²) in [5, 5.41) is 0.970. The molecule has 2 aromatic rings. The lowest BCUT2D eigenvalue weighted by Gasteiger charge is -2.17. The van der Waals surface area contributed by atoms with E-state index in [-0.39, 0.29) is 5.38 Å². The molecular formula is C15H17Cl3N2. The van der Waals surface area contributed by atoms with Gasteiger partial charge in [0.15, 0.2) is 0 Å². The summed E-state index contributed by atoms with van der Waals surface area (Å²) >= 11 is 18.6. The topological polar surface area (TPSA) is 17.8 Å². The predicted molar refractivity (Wildman–Crippen MR) is 86.0 cm³/mol. The lowest BCUT2D eigenvalue weighted by atomic mass is 10.0. The second kappa shape index (κ2) is 5.08. The second-order valence-corrected chi connectivity index (χ2v) is 7.25. The van der Waals surface area contributed by atoms with Crippen LogP contribution in [-0.4, -0.2) is 9.55 Å². The molecule has 0 aliphatic heterocycles. The molecule has 1 aliphatic rings. The third kappa shape index (κ3) is 2.43. The number of hydrogen-bond donors (Lipinski definition) is 0. The summed E-state index contributed by atoms with van der Waals surface area (Å²) in [6.45, 7) is 5.16. The van der Waals surface area contributed by atoms with Crippen LogP contribution in [0.25, 0.3) is 11.0 Å². The number of nitrogens with zero attached hydrogens (tertiary/aromatic N) is 2. The van der Waals surface area contributed by atoms with Gasteiger partial charge in [-0.15, -0.1) is 11.6 Å². The Kier molecular flexibility index (Phi) is 3.68. The SMILES string of the molecule is CCC1(Cn2c(C(C)Cl)nc3cc(Cl)c(Cl)cc32)CC1. The number of fused-ring (bicyclic) bond motifs is 1. The van der Waals surface area contributed by atoms with Gasteiger partial charge in [0.1, 0.15) is 5.82 Å². The number of halogens is 3. The quantitative estimate of drug-likeness (QED) is 0.644. The van der Waals surface area contributed by atoms with Crippen molar-refractivity contribution in [3.05, 3.63) is 28.0 Å². The van der Waals surface area contributed by atoms with Gasteiger partial charge in [0, 0.05) is 6.54 Å². The van der Waals surface area contributed by atoms with E-state index in [4.69, 9.17) is 34.8 Å². The van der Waals surface area contributed by atoms with Crippen LogP contribution in [0.15, 0.2) is 12.1 Å². The van der Waals surface area contributed by atoms with E-state index >= 15 is 0 Å². The van der Waals surface area contributed by atoms with E-state index < -0.39 is 0 Å². The summed E-state index contributed by atoms with van der Waals surface area (Å²) < 4.78 is 2.23. The molecule has 0 bridgehead atoms. The molecule has 0 spiro atoms. The maximum Gasteiger partial charge on any atom is 0.127 e. The number of benzene rings is 1. The van der Waals surface area contributed by atoms with Gasteiger partial charge in [-0.2, -0.15) is 0 Å². The largest absolute Gasteiger partial charge is 0.326 e. The van der Waals surface area contributed by atoms with E-state index in [1.54, 1.807) is 0 Å². The van der Waals surface area contributed by atoms with Crippen LogP contribution in [0.1, 0.15) is 44.3 Å². The van der Waals surface area contributed by atoms with Gasteiger partial charge in [-0.3, -0.25) is 0 Å². The fourth-order valence-corrected chi connectivity index (χ4v) is 3.23. The van der Waals surface area contributed by atoms with Crippen LogP contribution in [0.5, 0.6) is 0 Å². The minimum absolute atomic E-state index is 0.132. The molecule has 1 atom stereocenters. The predicted octanol–water partition coefficient (Wildman–Crippen LogP) is 5.83. The average Bonchev–Trinajstić information content (AvgIpc) is 3.10. The molecule has 1 fully saturated rings. The summed E-state index contributed by atoms with van der Waals surface area (Å²) in [7, 11) is 0. The van der Waals surface area contributed by atoms with Crippen molar-refractivity contribution >= 4 is 45.8 Å². The molecule has 2 nitrogen and oxygen atoms in total. The van der Waals surface area contributed by atoms with Crippen LogP contribution < -0.4 is 0 Å². The van der Waals surface area contributed by atoms with Crippen LogP contribution >= 0.6 is 34.8 Å². The molecule has 3 rings (SSSR count). The van der Waals surface area contributed by atoms with E-state index in [2.05, 4.69) is 16.5 Å². The molecule has 1 saturated carbocycles. The van der Waals surface area contributed by atoms with Gasteiger partial charge < -0.3 is 4.57 Å². The molecule has 0 N–H and O–H groups in total. The summed E-state index contributed by atoms with van der Waals surface area (Å²) in [6.07, 6.45) is 3.74. The zero-order valence-electron chi connectivity index (χ0n) is 11.6. The Morgan fingerprint density at radius 3 is 2.50 bits per heavy atom. The smallest absolute Gasteiger partial charge is 0.127 e. The minimum atomic E-state index is -0.132. The normalized spacial score (nSPS) is 18.4. The number of imidazole rings is 1. The first kappa shape index (κ1) is 14.5. The standard InChI is InChI=1S/C15H17Cl3N2/c1-3-15(4-5-15)8-20-13-7-11(18)10(17)6-12(13)19-14(20)9(2)16/h6-7,9H,3-5,8H2,1-2H3. The van der Waals surface area contributed by atoms with Gasteiger partial charge in [-0.25, -0.2) is 4.98 Å². The van der Waals surface area contributed by atoms with Gasteiger partial charge in [0.25, 0.3) is 0 Å². The van der Waals surface area contributed by atoms with Crippen molar-refractivity contribution in [2.45, 2.75) is 45.0 Å². The average molecular weight is 332 g/mol. The van der Waals surface area contributed by atoms with Crippen molar-refractivity contribution in [3.63, 3.8) is 0 Å². The molecule has 0 amide bonds. The first-order chi connectivity index (χ1) is 9.46. The Bertz CT molecular complexity index is 657. The molecule has 1 aromatic heterocycles. The summed E-state index contributed by atoms with van der Waals surface area (Å²) in [5.74, 6) is 0.903. The van der Waals surface area contributed by atoms with Crippen LogP contribution in [0.2, 0.25) is 10.0 Å². The molecular weight excluding hydrogens is 315 g/mol. The van der Waals surface area contributed by atoms with Crippen LogP contribution in [-0.2, 0) is 6.54 Å². The van der Waals surface area contributed by atoms with Crippen LogP contribution in [0.4, 0.5) is 0 Å². The second-order valence-electron chi connectivity index (χ2n) is 5.78. The summed E-state index contributed by atoms with van der Waals surface area (Å²) in [4.78, 5) is 4.65. The van der Waals surface area contributed by atoms with Crippen molar-refractivity contribution < 1.29 is 0 Å². The highest BCUT2D eigenvalue weighted by Gasteiger charge is 2.41. The maximum absolute atomic E-state index is 6.30. The lowest BCUT2D eigenvalue weighted by Crippen LogP contribution is -2.13. The zero-order chi connectivity index (χ0) is 14.5. The Balaban J connectivity index is 2.15. The Labute approximate surface area is 134 Å². The van der Waals surface area contributed by atoms with Gasteiger partial charge in [-0.05, 0) is 43.7 Å². The summed E-state index contributed by atoms with van der Waals surface area (Å²) in [6, 6.07) is 3.73. The van der Waals surface area contributed by atoms with Gasteiger partial charge in [-0.1, -0.05) is 30.1 Å². The minimum Gasteiger partial charge on any atom is -0.326 e. The van der Waals surface area contributed by atoms with Crippen molar-refractivity contribution in [2.24, 2.45) is 5.41 Å². The Hall–Kier alpha value is -0.440. The third-order valence-electron chi connectivity index (χ3n) is 4.38. The molecule has 5 heteroatoms. The molecule has 1 aliphatic carbocycles. The van der Waals surface area contributed by atoms with Crippen molar-refractivity contribution in [1.82, 2.24) is 9.55 Å². The highest BCUT2D eigenvalue weighted by atomic mass is 35.5. The lowest BCUT2D eigenvalue weighted by molar-refractivity contribution is 0.407. The fourth-order valence-electron chi connectivity index (χ4n) is 2.74. The van der Waals surface area contributed by atoms with Crippen molar-refractivity contribution in [2.75, 3.05) is 0 Å². The van der Waals surface area contributed by atoms with Crippen molar-refractivity contribution in [3.8, 4) is 0 Å². The van der Waals surface area contributed by atoms with Gasteiger partial charge in [0.2, 0.25) is 0 Å². The number of rotatable bonds is 4. The van der Waals surface area contributed by atoms with Crippen LogP contribution in [0, 0.1) is 5.41 Å². The van der Waals surface area contributed by atoms with E-state index in [1.165, 1.54) is 19.3 Å². The first-order valence-corrected chi connectivity index (χ1v) is 8.14. The van der Waals surface area contributed by atoms with Gasteiger partial charge in [0.05, 0.1) is 26.5 Å². The molecule has 0 saturated heterocycles. The van der Waals surface area contributed by atoms with E-state index in [9.17, 15) is 0 Å². The van der Waals surface area contributed by atoms with E-state index in [0.29, 0.717) is 15.5 Å². The molecule has 1 aromatic carbocycles. The number of alkyl halides is 1. The molecule has 20 heavy (non-hydrogen) atoms. The highest BCUT2D eigenvalue weighted by molar-refractivity contribution is 6.42. The fraction of sp³-hybridized carbons (Fsp3) is 0.533. The molecule has 1 heterocycles. The van der Waals surface area contributed by atoms with Crippen molar-refractivity contribution in [1.29, 1.82) is 0 Å². The zero-order valence-corrected chi connectivity index (χ0v) is 13.9. The number of aromatic nitrogens is 2.